The summed E-state index contributed by atoms with van der Waals surface area (Å²) in [7, 11) is 0. The first-order valence-corrected chi connectivity index (χ1v) is 5.46. The fourth-order valence-corrected chi connectivity index (χ4v) is 2.19. The predicted molar refractivity (Wildman–Crippen MR) is 53.7 cm³/mol. The zero-order chi connectivity index (χ0) is 9.54. The number of hydrogen-bond donors (Lipinski definition) is 0. The minimum atomic E-state index is 0.629. The van der Waals surface area contributed by atoms with Crippen molar-refractivity contribution in [3.63, 3.8) is 0 Å². The van der Waals surface area contributed by atoms with Crippen molar-refractivity contribution in [1.82, 2.24) is 18.9 Å². The summed E-state index contributed by atoms with van der Waals surface area (Å²) in [6, 6.07) is 0. The van der Waals surface area contributed by atoms with Crippen LogP contribution in [0.2, 0.25) is 0 Å². The lowest BCUT2D eigenvalue weighted by Crippen LogP contribution is -1.94. The summed E-state index contributed by atoms with van der Waals surface area (Å²) in [6.45, 7) is 1.97. The molecule has 0 aliphatic heterocycles. The largest absolute Gasteiger partial charge is 0.278 e. The molecule has 5 heteroatoms. The summed E-state index contributed by atoms with van der Waals surface area (Å²) < 4.78 is 6.33. The monoisotopic (exact) mass is 206 g/mol. The van der Waals surface area contributed by atoms with E-state index in [9.17, 15) is 0 Å². The van der Waals surface area contributed by atoms with Gasteiger partial charge in [-0.05, 0) is 19.8 Å². The molecule has 2 heterocycles. The second kappa shape index (κ2) is 2.88. The molecule has 2 aromatic rings. The molecular weight excluding hydrogens is 196 g/mol. The van der Waals surface area contributed by atoms with Crippen LogP contribution in [0.25, 0.3) is 5.13 Å². The smallest absolute Gasteiger partial charge is 0.214 e. The molecule has 0 N–H and O–H groups in total. The summed E-state index contributed by atoms with van der Waals surface area (Å²) in [5, 5.41) is 0.932. The number of aryl methyl sites for hydroxylation is 1. The van der Waals surface area contributed by atoms with Crippen LogP contribution in [0.5, 0.6) is 0 Å². The van der Waals surface area contributed by atoms with Crippen LogP contribution in [0.15, 0.2) is 12.4 Å². The van der Waals surface area contributed by atoms with Gasteiger partial charge in [0.05, 0.1) is 0 Å². The first-order chi connectivity index (χ1) is 6.84. The van der Waals surface area contributed by atoms with Gasteiger partial charge in [-0.15, -0.1) is 0 Å². The lowest BCUT2D eigenvalue weighted by Gasteiger charge is -1.96. The molecule has 4 nitrogen and oxygen atoms in total. The van der Waals surface area contributed by atoms with Gasteiger partial charge >= 0.3 is 0 Å². The average Bonchev–Trinajstić information content (AvgIpc) is 2.75. The van der Waals surface area contributed by atoms with E-state index in [4.69, 9.17) is 0 Å². The summed E-state index contributed by atoms with van der Waals surface area (Å²) in [5.41, 5.74) is 0. The number of rotatable bonds is 2. The Bertz CT molecular complexity index is 455. The molecule has 14 heavy (non-hydrogen) atoms. The molecule has 1 saturated carbocycles. The molecule has 0 atom stereocenters. The molecule has 72 valence electrons. The molecule has 0 bridgehead atoms. The van der Waals surface area contributed by atoms with Crippen molar-refractivity contribution in [3.8, 4) is 5.13 Å². The van der Waals surface area contributed by atoms with Crippen LogP contribution in [-0.4, -0.2) is 18.9 Å². The van der Waals surface area contributed by atoms with E-state index in [1.165, 1.54) is 24.4 Å². The van der Waals surface area contributed by atoms with Gasteiger partial charge < -0.3 is 0 Å². The zero-order valence-electron chi connectivity index (χ0n) is 7.84. The maximum Gasteiger partial charge on any atom is 0.214 e. The topological polar surface area (TPSA) is 43.6 Å². The number of nitrogens with zero attached hydrogens (tertiary/aromatic N) is 4. The fourth-order valence-electron chi connectivity index (χ4n) is 1.41. The summed E-state index contributed by atoms with van der Waals surface area (Å²) in [6.07, 6.45) is 6.21. The van der Waals surface area contributed by atoms with Crippen LogP contribution < -0.4 is 0 Å². The van der Waals surface area contributed by atoms with Crippen LogP contribution in [0, 0.1) is 6.92 Å². The Morgan fingerprint density at radius 1 is 1.50 bits per heavy atom. The Balaban J connectivity index is 1.99. The molecular formula is C9H10N4S. The number of aromatic nitrogens is 4. The van der Waals surface area contributed by atoms with Gasteiger partial charge in [-0.3, -0.25) is 4.57 Å². The fraction of sp³-hybridized carbons (Fsp3) is 0.444. The van der Waals surface area contributed by atoms with Crippen LogP contribution in [0.3, 0.4) is 0 Å². The SMILES string of the molecule is Cc1nccn1-c1nc(C2CC2)ns1. The Morgan fingerprint density at radius 2 is 2.36 bits per heavy atom. The molecule has 0 saturated heterocycles. The third kappa shape index (κ3) is 1.24. The molecule has 0 unspecified atom stereocenters. The van der Waals surface area contributed by atoms with Crippen molar-refractivity contribution in [3.05, 3.63) is 24.0 Å². The van der Waals surface area contributed by atoms with E-state index >= 15 is 0 Å². The standard InChI is InChI=1S/C9H10N4S/c1-6-10-4-5-13(6)9-11-8(12-14-9)7-2-3-7/h4-5,7H,2-3H2,1H3. The van der Waals surface area contributed by atoms with Gasteiger partial charge in [-0.2, -0.15) is 4.37 Å². The van der Waals surface area contributed by atoms with Crippen LogP contribution in [0.4, 0.5) is 0 Å². The van der Waals surface area contributed by atoms with Crippen molar-refractivity contribution < 1.29 is 0 Å². The number of imidazole rings is 1. The van der Waals surface area contributed by atoms with Gasteiger partial charge in [0, 0.05) is 29.8 Å². The summed E-state index contributed by atoms with van der Waals surface area (Å²) in [5.74, 6) is 2.60. The van der Waals surface area contributed by atoms with Crippen molar-refractivity contribution >= 4 is 11.5 Å². The first-order valence-electron chi connectivity index (χ1n) is 4.68. The quantitative estimate of drug-likeness (QED) is 0.753. The van der Waals surface area contributed by atoms with Crippen molar-refractivity contribution in [2.45, 2.75) is 25.7 Å². The Kier molecular flexibility index (Phi) is 1.67. The van der Waals surface area contributed by atoms with Crippen molar-refractivity contribution in [1.29, 1.82) is 0 Å². The van der Waals surface area contributed by atoms with Crippen molar-refractivity contribution in [2.24, 2.45) is 0 Å². The molecule has 0 amide bonds. The lowest BCUT2D eigenvalue weighted by atomic mass is 10.4. The Hall–Kier alpha value is -1.23. The molecule has 0 radical (unpaired) electrons. The van der Waals surface area contributed by atoms with E-state index in [2.05, 4.69) is 14.3 Å². The predicted octanol–water partition coefficient (Wildman–Crippen LogP) is 1.91. The minimum Gasteiger partial charge on any atom is -0.278 e. The highest BCUT2D eigenvalue weighted by Gasteiger charge is 2.28. The highest BCUT2D eigenvalue weighted by atomic mass is 32.1. The Labute approximate surface area is 85.8 Å². The maximum absolute atomic E-state index is 4.51. The van der Waals surface area contributed by atoms with E-state index < -0.39 is 0 Å². The second-order valence-electron chi connectivity index (χ2n) is 3.55. The normalized spacial score (nSPS) is 16.1. The summed E-state index contributed by atoms with van der Waals surface area (Å²) >= 11 is 1.45. The van der Waals surface area contributed by atoms with E-state index in [0.29, 0.717) is 5.92 Å². The molecule has 1 fully saturated rings. The van der Waals surface area contributed by atoms with E-state index in [1.54, 1.807) is 6.20 Å². The Morgan fingerprint density at radius 3 is 3.00 bits per heavy atom. The summed E-state index contributed by atoms with van der Waals surface area (Å²) in [4.78, 5) is 8.67. The van der Waals surface area contributed by atoms with E-state index in [1.807, 2.05) is 17.7 Å². The third-order valence-corrected chi connectivity index (χ3v) is 3.13. The van der Waals surface area contributed by atoms with Crippen LogP contribution in [-0.2, 0) is 0 Å². The molecule has 3 rings (SSSR count). The molecule has 1 aliphatic carbocycles. The third-order valence-electron chi connectivity index (χ3n) is 2.41. The molecule has 0 aromatic carbocycles. The zero-order valence-corrected chi connectivity index (χ0v) is 8.66. The van der Waals surface area contributed by atoms with Gasteiger partial charge in [0.1, 0.15) is 11.6 Å². The average molecular weight is 206 g/mol. The minimum absolute atomic E-state index is 0.629. The maximum atomic E-state index is 4.51. The van der Waals surface area contributed by atoms with Crippen LogP contribution >= 0.6 is 11.5 Å². The van der Waals surface area contributed by atoms with Gasteiger partial charge in [-0.1, -0.05) is 0 Å². The highest BCUT2D eigenvalue weighted by Crippen LogP contribution is 2.39. The highest BCUT2D eigenvalue weighted by molar-refractivity contribution is 7.08. The second-order valence-corrected chi connectivity index (χ2v) is 4.28. The van der Waals surface area contributed by atoms with Crippen LogP contribution in [0.1, 0.15) is 30.4 Å². The number of hydrogen-bond acceptors (Lipinski definition) is 4. The first kappa shape index (κ1) is 8.11. The molecule has 0 spiro atoms. The lowest BCUT2D eigenvalue weighted by molar-refractivity contribution is 0.918. The van der Waals surface area contributed by atoms with E-state index in [-0.39, 0.29) is 0 Å². The molecule has 1 aliphatic rings. The van der Waals surface area contributed by atoms with Gasteiger partial charge in [-0.25, -0.2) is 9.97 Å². The van der Waals surface area contributed by atoms with E-state index in [0.717, 1.165) is 16.8 Å². The molecule has 2 aromatic heterocycles. The van der Waals surface area contributed by atoms with Gasteiger partial charge in [0.25, 0.3) is 0 Å². The van der Waals surface area contributed by atoms with Gasteiger partial charge in [0.2, 0.25) is 5.13 Å². The van der Waals surface area contributed by atoms with Gasteiger partial charge in [0.15, 0.2) is 0 Å². The van der Waals surface area contributed by atoms with Crippen molar-refractivity contribution in [2.75, 3.05) is 0 Å².